The zero-order valence-corrected chi connectivity index (χ0v) is 17.4. The van der Waals surface area contributed by atoms with Crippen molar-refractivity contribution in [2.75, 3.05) is 13.7 Å². The number of nitrogens with one attached hydrogen (secondary N) is 2. The molecule has 1 saturated carbocycles. The molecule has 0 unspecified atom stereocenters. The highest BCUT2D eigenvalue weighted by Crippen LogP contribution is 2.45. The summed E-state index contributed by atoms with van der Waals surface area (Å²) in [4.78, 5) is 25.6. The van der Waals surface area contributed by atoms with E-state index in [1.165, 1.54) is 0 Å². The summed E-state index contributed by atoms with van der Waals surface area (Å²) >= 11 is 0. The molecule has 6 heteroatoms. The molecule has 0 saturated heterocycles. The second kappa shape index (κ2) is 8.11. The number of carbonyl (C=O) groups is 2. The topological polar surface area (TPSA) is 87.7 Å². The number of aliphatic hydroxyl groups excluding tert-OH is 1. The van der Waals surface area contributed by atoms with E-state index in [0.717, 1.165) is 24.0 Å². The van der Waals surface area contributed by atoms with E-state index in [-0.39, 0.29) is 24.0 Å². The molecular weight excluding hydrogens is 380 g/mol. The zero-order valence-electron chi connectivity index (χ0n) is 17.4. The van der Waals surface area contributed by atoms with Gasteiger partial charge in [0.1, 0.15) is 12.4 Å². The van der Waals surface area contributed by atoms with Gasteiger partial charge >= 0.3 is 0 Å². The maximum Gasteiger partial charge on any atom is 0.254 e. The third kappa shape index (κ3) is 3.67. The Balaban J connectivity index is 1.71. The van der Waals surface area contributed by atoms with Crippen LogP contribution in [0.4, 0.5) is 0 Å². The number of carbonyl (C=O) groups excluding carboxylic acids is 2. The molecule has 2 aromatic rings. The largest absolute Gasteiger partial charge is 0.491 e. The minimum atomic E-state index is -0.454. The fraction of sp³-hybridized carbons (Fsp3) is 0.417. The normalized spacial score (nSPS) is 25.2. The number of ether oxygens (including phenoxy) is 1. The molecule has 1 atom stereocenters. The maximum atomic E-state index is 13.1. The molecule has 0 radical (unpaired) electrons. The monoisotopic (exact) mass is 408 g/mol. The predicted octanol–water partition coefficient (Wildman–Crippen LogP) is 2.78. The van der Waals surface area contributed by atoms with Crippen LogP contribution in [0.15, 0.2) is 42.5 Å². The highest BCUT2D eigenvalue weighted by molar-refractivity contribution is 6.02. The summed E-state index contributed by atoms with van der Waals surface area (Å²) in [6, 6.07) is 13.5. The van der Waals surface area contributed by atoms with Crippen LogP contribution in [-0.4, -0.2) is 42.7 Å². The lowest BCUT2D eigenvalue weighted by atomic mass is 9.77. The summed E-state index contributed by atoms with van der Waals surface area (Å²) in [5, 5.41) is 15.4. The number of hydrogen-bond acceptors (Lipinski definition) is 4. The van der Waals surface area contributed by atoms with Crippen LogP contribution < -0.4 is 15.4 Å². The molecule has 0 aromatic heterocycles. The summed E-state index contributed by atoms with van der Waals surface area (Å²) in [6.45, 7) is 2.48. The quantitative estimate of drug-likeness (QED) is 0.726. The molecule has 1 aliphatic carbocycles. The fourth-order valence-corrected chi connectivity index (χ4v) is 4.46. The van der Waals surface area contributed by atoms with Gasteiger partial charge in [0, 0.05) is 24.2 Å². The van der Waals surface area contributed by atoms with Crippen molar-refractivity contribution in [1.29, 1.82) is 0 Å². The van der Waals surface area contributed by atoms with Crippen molar-refractivity contribution in [3.05, 3.63) is 64.7 Å². The molecule has 2 aliphatic rings. The molecule has 6 nitrogen and oxygen atoms in total. The highest BCUT2D eigenvalue weighted by Gasteiger charge is 2.41. The first-order chi connectivity index (χ1) is 14.4. The third-order valence-corrected chi connectivity index (χ3v) is 6.37. The number of benzene rings is 2. The number of rotatable bonds is 4. The predicted molar refractivity (Wildman–Crippen MR) is 114 cm³/mol. The Bertz CT molecular complexity index is 951. The molecule has 30 heavy (non-hydrogen) atoms. The Morgan fingerprint density at radius 3 is 2.43 bits per heavy atom. The number of hydrogen-bond donors (Lipinski definition) is 3. The minimum absolute atomic E-state index is 0.0364. The number of fused-ring (bicyclic) bond motifs is 1. The van der Waals surface area contributed by atoms with E-state index in [4.69, 9.17) is 4.74 Å². The molecule has 3 N–H and O–H groups in total. The van der Waals surface area contributed by atoms with Crippen LogP contribution in [0, 0.1) is 0 Å². The van der Waals surface area contributed by atoms with Crippen molar-refractivity contribution >= 4 is 11.8 Å². The van der Waals surface area contributed by atoms with E-state index >= 15 is 0 Å². The lowest BCUT2D eigenvalue weighted by Crippen LogP contribution is -2.38. The molecule has 1 heterocycles. The van der Waals surface area contributed by atoms with Crippen LogP contribution in [0.25, 0.3) is 0 Å². The number of aliphatic hydroxyl groups is 1. The summed E-state index contributed by atoms with van der Waals surface area (Å²) < 4.78 is 6.00. The van der Waals surface area contributed by atoms with Gasteiger partial charge in [-0.15, -0.1) is 0 Å². The standard InChI is InChI=1S/C24H28N2O4/c1-24(16-6-4-3-5-7-16)14-30-21-19(23(29)25-2)12-15(13-20(21)24)22(28)26-17-8-10-18(27)11-9-17/h3-7,12-13,17-18,27H,8-11,14H2,1-2H3,(H,25,29)(H,26,28)/t17-,18-,24-/m0/s1. The van der Waals surface area contributed by atoms with E-state index in [2.05, 4.69) is 17.6 Å². The Kier molecular flexibility index (Phi) is 5.52. The van der Waals surface area contributed by atoms with Gasteiger partial charge < -0.3 is 20.5 Å². The van der Waals surface area contributed by atoms with Crippen molar-refractivity contribution in [3.8, 4) is 5.75 Å². The molecule has 4 rings (SSSR count). The Labute approximate surface area is 176 Å². The Morgan fingerprint density at radius 1 is 1.07 bits per heavy atom. The van der Waals surface area contributed by atoms with E-state index in [1.807, 2.05) is 36.4 Å². The third-order valence-electron chi connectivity index (χ3n) is 6.37. The summed E-state index contributed by atoms with van der Waals surface area (Å²) in [7, 11) is 1.57. The molecule has 1 fully saturated rings. The average molecular weight is 408 g/mol. The van der Waals surface area contributed by atoms with Crippen molar-refractivity contribution in [2.45, 2.75) is 50.2 Å². The molecular formula is C24H28N2O4. The van der Waals surface area contributed by atoms with Crippen molar-refractivity contribution < 1.29 is 19.4 Å². The first-order valence-corrected chi connectivity index (χ1v) is 10.5. The SMILES string of the molecule is CNC(=O)c1cc(C(=O)N[C@H]2CC[C@H](O)CC2)cc2c1OC[C@@]2(C)c1ccccc1. The van der Waals surface area contributed by atoms with E-state index in [9.17, 15) is 14.7 Å². The molecule has 2 amide bonds. The summed E-state index contributed by atoms with van der Waals surface area (Å²) in [5.74, 6) is 0.0590. The Morgan fingerprint density at radius 2 is 1.77 bits per heavy atom. The van der Waals surface area contributed by atoms with Gasteiger partial charge in [0.05, 0.1) is 17.1 Å². The van der Waals surface area contributed by atoms with Crippen molar-refractivity contribution in [3.63, 3.8) is 0 Å². The van der Waals surface area contributed by atoms with Crippen LogP contribution in [0.3, 0.4) is 0 Å². The molecule has 0 bridgehead atoms. The fourth-order valence-electron chi connectivity index (χ4n) is 4.46. The second-order valence-electron chi connectivity index (χ2n) is 8.45. The molecule has 2 aromatic carbocycles. The zero-order chi connectivity index (χ0) is 21.3. The van der Waals surface area contributed by atoms with Crippen LogP contribution >= 0.6 is 0 Å². The van der Waals surface area contributed by atoms with Gasteiger partial charge in [0.15, 0.2) is 0 Å². The maximum absolute atomic E-state index is 13.1. The lowest BCUT2D eigenvalue weighted by molar-refractivity contribution is 0.0867. The average Bonchev–Trinajstić information content (AvgIpc) is 3.12. The highest BCUT2D eigenvalue weighted by atomic mass is 16.5. The summed E-state index contributed by atoms with van der Waals surface area (Å²) in [5.41, 5.74) is 2.29. The smallest absolute Gasteiger partial charge is 0.254 e. The van der Waals surface area contributed by atoms with Gasteiger partial charge in [-0.25, -0.2) is 0 Å². The van der Waals surface area contributed by atoms with Crippen molar-refractivity contribution in [1.82, 2.24) is 10.6 Å². The second-order valence-corrected chi connectivity index (χ2v) is 8.45. The first-order valence-electron chi connectivity index (χ1n) is 10.5. The van der Waals surface area contributed by atoms with E-state index in [1.54, 1.807) is 13.1 Å². The Hall–Kier alpha value is -2.86. The van der Waals surface area contributed by atoms with E-state index in [0.29, 0.717) is 36.3 Å². The van der Waals surface area contributed by atoms with Gasteiger partial charge in [0.25, 0.3) is 11.8 Å². The van der Waals surface area contributed by atoms with Gasteiger partial charge in [-0.1, -0.05) is 30.3 Å². The van der Waals surface area contributed by atoms with Gasteiger partial charge in [-0.2, -0.15) is 0 Å². The molecule has 158 valence electrons. The minimum Gasteiger partial charge on any atom is -0.491 e. The molecule has 1 aliphatic heterocycles. The van der Waals surface area contributed by atoms with E-state index < -0.39 is 5.41 Å². The van der Waals surface area contributed by atoms with Crippen LogP contribution in [0.5, 0.6) is 5.75 Å². The van der Waals surface area contributed by atoms with Crippen molar-refractivity contribution in [2.24, 2.45) is 0 Å². The molecule has 0 spiro atoms. The summed E-state index contributed by atoms with van der Waals surface area (Å²) in [6.07, 6.45) is 2.62. The lowest BCUT2D eigenvalue weighted by Gasteiger charge is -2.27. The van der Waals surface area contributed by atoms with Crippen LogP contribution in [0.2, 0.25) is 0 Å². The van der Waals surface area contributed by atoms with Crippen LogP contribution in [0.1, 0.15) is 64.4 Å². The van der Waals surface area contributed by atoms with Gasteiger partial charge in [0.2, 0.25) is 0 Å². The van der Waals surface area contributed by atoms with Gasteiger partial charge in [-0.05, 0) is 50.3 Å². The number of amides is 2. The van der Waals surface area contributed by atoms with Crippen LogP contribution in [-0.2, 0) is 5.41 Å². The van der Waals surface area contributed by atoms with Gasteiger partial charge in [-0.3, -0.25) is 9.59 Å². The first kappa shape index (κ1) is 20.4.